The molecule has 3 heteroatoms. The van der Waals surface area contributed by atoms with Crippen LogP contribution in [0.1, 0.15) is 53.9 Å². The molecule has 21 heavy (non-hydrogen) atoms. The first kappa shape index (κ1) is 17.2. The van der Waals surface area contributed by atoms with E-state index >= 15 is 0 Å². The van der Waals surface area contributed by atoms with E-state index in [0.29, 0.717) is 23.9 Å². The predicted octanol–water partition coefficient (Wildman–Crippen LogP) is 4.75. The predicted molar refractivity (Wildman–Crippen MR) is 91.8 cm³/mol. The van der Waals surface area contributed by atoms with Crippen LogP contribution in [0.2, 0.25) is 18.1 Å². The van der Waals surface area contributed by atoms with E-state index < -0.39 is 13.9 Å². The highest BCUT2D eigenvalue weighted by molar-refractivity contribution is 6.74. The smallest absolute Gasteiger partial charge is 0.192 e. The third-order valence-electron chi connectivity index (χ3n) is 6.37. The Morgan fingerprint density at radius 2 is 1.90 bits per heavy atom. The largest absolute Gasteiger partial charge is 0.414 e. The van der Waals surface area contributed by atoms with Gasteiger partial charge in [0.05, 0.1) is 5.60 Å². The second-order valence-electron chi connectivity index (χ2n) is 9.02. The summed E-state index contributed by atoms with van der Waals surface area (Å²) in [6.45, 7) is 15.9. The van der Waals surface area contributed by atoms with Gasteiger partial charge in [0.25, 0.3) is 0 Å². The summed E-state index contributed by atoms with van der Waals surface area (Å²) in [6.07, 6.45) is 7.81. The van der Waals surface area contributed by atoms with Crippen LogP contribution < -0.4 is 0 Å². The summed E-state index contributed by atoms with van der Waals surface area (Å²) in [5.41, 5.74) is -0.548. The first-order valence-corrected chi connectivity index (χ1v) is 11.4. The Morgan fingerprint density at radius 3 is 2.48 bits per heavy atom. The van der Waals surface area contributed by atoms with Gasteiger partial charge in [0.15, 0.2) is 8.32 Å². The molecule has 122 valence electrons. The number of allylic oxidation sites excluding steroid dienone is 2. The highest BCUT2D eigenvalue weighted by Crippen LogP contribution is 2.50. The molecule has 1 fully saturated rings. The van der Waals surface area contributed by atoms with Crippen LogP contribution in [0.15, 0.2) is 12.2 Å². The van der Waals surface area contributed by atoms with E-state index in [9.17, 15) is 5.11 Å². The van der Waals surface area contributed by atoms with Crippen LogP contribution in [0.5, 0.6) is 0 Å². The van der Waals surface area contributed by atoms with Crippen molar-refractivity contribution < 1.29 is 9.53 Å². The van der Waals surface area contributed by atoms with Crippen molar-refractivity contribution in [1.82, 2.24) is 0 Å². The summed E-state index contributed by atoms with van der Waals surface area (Å²) in [5.74, 6) is 1.32. The Morgan fingerprint density at radius 1 is 1.29 bits per heavy atom. The Hall–Kier alpha value is -0.123. The fourth-order valence-electron chi connectivity index (χ4n) is 3.74. The SMILES string of the molecule is C[C@H]1[C@@H]2C=CCC[C@@](C)(O)[C@@H]2C[C@@H]1O[Si](C)(C)C(C)(C)C. The van der Waals surface area contributed by atoms with Crippen molar-refractivity contribution in [3.8, 4) is 0 Å². The molecule has 0 aromatic carbocycles. The molecule has 0 aromatic rings. The van der Waals surface area contributed by atoms with Crippen LogP contribution in [0.4, 0.5) is 0 Å². The third kappa shape index (κ3) is 3.30. The number of hydrogen-bond acceptors (Lipinski definition) is 2. The normalized spacial score (nSPS) is 41.0. The third-order valence-corrected chi connectivity index (χ3v) is 10.9. The summed E-state index contributed by atoms with van der Waals surface area (Å²) in [4.78, 5) is 0. The Balaban J connectivity index is 2.18. The van der Waals surface area contributed by atoms with Gasteiger partial charge in [0.1, 0.15) is 0 Å². The Labute approximate surface area is 132 Å². The number of aliphatic hydroxyl groups is 1. The fourth-order valence-corrected chi connectivity index (χ4v) is 5.16. The van der Waals surface area contributed by atoms with Gasteiger partial charge in [-0.15, -0.1) is 0 Å². The summed E-state index contributed by atoms with van der Waals surface area (Å²) in [6, 6.07) is 0. The summed E-state index contributed by atoms with van der Waals surface area (Å²) in [5, 5.41) is 11.1. The van der Waals surface area contributed by atoms with Crippen molar-refractivity contribution >= 4 is 8.32 Å². The molecule has 0 amide bonds. The monoisotopic (exact) mass is 310 g/mol. The van der Waals surface area contributed by atoms with Crippen molar-refractivity contribution in [2.24, 2.45) is 17.8 Å². The Kier molecular flexibility index (Phi) is 4.52. The van der Waals surface area contributed by atoms with E-state index in [-0.39, 0.29) is 5.04 Å². The molecule has 0 bridgehead atoms. The van der Waals surface area contributed by atoms with Crippen LogP contribution in [0.25, 0.3) is 0 Å². The number of rotatable bonds is 2. The van der Waals surface area contributed by atoms with Crippen molar-refractivity contribution in [2.45, 2.75) is 83.7 Å². The Bertz CT molecular complexity index is 406. The topological polar surface area (TPSA) is 29.5 Å². The van der Waals surface area contributed by atoms with Crippen LogP contribution in [0.3, 0.4) is 0 Å². The van der Waals surface area contributed by atoms with Crippen molar-refractivity contribution in [3.63, 3.8) is 0 Å². The lowest BCUT2D eigenvalue weighted by Gasteiger charge is -2.39. The van der Waals surface area contributed by atoms with E-state index in [1.165, 1.54) is 0 Å². The zero-order valence-electron chi connectivity index (χ0n) is 14.9. The van der Waals surface area contributed by atoms with E-state index in [0.717, 1.165) is 19.3 Å². The van der Waals surface area contributed by atoms with E-state index in [4.69, 9.17) is 4.43 Å². The molecule has 0 spiro atoms. The van der Waals surface area contributed by atoms with E-state index in [1.54, 1.807) is 0 Å². The summed E-state index contributed by atoms with van der Waals surface area (Å²) in [7, 11) is -1.74. The fraction of sp³-hybridized carbons (Fsp3) is 0.889. The van der Waals surface area contributed by atoms with Gasteiger partial charge in [-0.1, -0.05) is 39.8 Å². The molecule has 0 aromatic heterocycles. The lowest BCUT2D eigenvalue weighted by atomic mass is 9.79. The quantitative estimate of drug-likeness (QED) is 0.589. The number of fused-ring (bicyclic) bond motifs is 1. The molecule has 0 heterocycles. The van der Waals surface area contributed by atoms with E-state index in [1.807, 2.05) is 6.92 Å². The highest BCUT2D eigenvalue weighted by atomic mass is 28.4. The van der Waals surface area contributed by atoms with Gasteiger partial charge in [-0.25, -0.2) is 0 Å². The molecule has 1 saturated carbocycles. The lowest BCUT2D eigenvalue weighted by molar-refractivity contribution is -0.0182. The van der Waals surface area contributed by atoms with Crippen molar-refractivity contribution in [3.05, 3.63) is 12.2 Å². The molecule has 0 saturated heterocycles. The van der Waals surface area contributed by atoms with E-state index in [2.05, 4.69) is 52.9 Å². The zero-order chi connectivity index (χ0) is 16.1. The molecule has 2 aliphatic carbocycles. The van der Waals surface area contributed by atoms with Crippen LogP contribution >= 0.6 is 0 Å². The minimum absolute atomic E-state index is 0.246. The molecule has 2 aliphatic rings. The summed E-state index contributed by atoms with van der Waals surface area (Å²) >= 11 is 0. The van der Waals surface area contributed by atoms with Crippen LogP contribution in [0, 0.1) is 17.8 Å². The van der Waals surface area contributed by atoms with Gasteiger partial charge >= 0.3 is 0 Å². The first-order valence-electron chi connectivity index (χ1n) is 8.52. The average Bonchev–Trinajstić information content (AvgIpc) is 2.52. The molecule has 0 aliphatic heterocycles. The lowest BCUT2D eigenvalue weighted by Crippen LogP contribution is -2.44. The van der Waals surface area contributed by atoms with Gasteiger partial charge in [-0.3, -0.25) is 0 Å². The maximum absolute atomic E-state index is 10.8. The number of hydrogen-bond donors (Lipinski definition) is 1. The molecule has 0 radical (unpaired) electrons. The van der Waals surface area contributed by atoms with Crippen LogP contribution in [-0.4, -0.2) is 25.1 Å². The average molecular weight is 311 g/mol. The standard InChI is InChI=1S/C18H34O2Si/c1-13-14-10-8-9-11-18(5,19)15(14)12-16(13)20-21(6,7)17(2,3)4/h8,10,13-16,19H,9,11-12H2,1-7H3/t13-,14-,15+,16-,18+/m0/s1. The van der Waals surface area contributed by atoms with Gasteiger partial charge in [0, 0.05) is 6.10 Å². The molecule has 1 N–H and O–H groups in total. The van der Waals surface area contributed by atoms with Gasteiger partial charge < -0.3 is 9.53 Å². The highest BCUT2D eigenvalue weighted by Gasteiger charge is 2.50. The molecule has 0 unspecified atom stereocenters. The molecular formula is C18H34O2Si. The minimum atomic E-state index is -1.74. The first-order chi connectivity index (χ1) is 9.46. The van der Waals surface area contributed by atoms with Gasteiger partial charge in [0.2, 0.25) is 0 Å². The zero-order valence-corrected chi connectivity index (χ0v) is 15.9. The molecule has 2 rings (SSSR count). The van der Waals surface area contributed by atoms with Gasteiger partial charge in [-0.05, 0) is 62.1 Å². The van der Waals surface area contributed by atoms with Crippen molar-refractivity contribution in [1.29, 1.82) is 0 Å². The second kappa shape index (κ2) is 5.50. The molecular weight excluding hydrogens is 276 g/mol. The molecule has 2 nitrogen and oxygen atoms in total. The van der Waals surface area contributed by atoms with Crippen molar-refractivity contribution in [2.75, 3.05) is 0 Å². The van der Waals surface area contributed by atoms with Gasteiger partial charge in [-0.2, -0.15) is 0 Å². The maximum Gasteiger partial charge on any atom is 0.192 e. The minimum Gasteiger partial charge on any atom is -0.414 e. The second-order valence-corrected chi connectivity index (χ2v) is 13.8. The molecule has 5 atom stereocenters. The summed E-state index contributed by atoms with van der Waals surface area (Å²) < 4.78 is 6.70. The van der Waals surface area contributed by atoms with Crippen LogP contribution in [-0.2, 0) is 4.43 Å². The maximum atomic E-state index is 10.8.